The van der Waals surface area contributed by atoms with Crippen LogP contribution in [0.3, 0.4) is 0 Å². The van der Waals surface area contributed by atoms with Gasteiger partial charge >= 0.3 is 6.03 Å². The van der Waals surface area contributed by atoms with Crippen molar-refractivity contribution >= 4 is 17.5 Å². The number of aryl methyl sites for hydroxylation is 1. The molecule has 2 aromatic rings. The van der Waals surface area contributed by atoms with Crippen LogP contribution in [0.4, 0.5) is 23.7 Å². The molecule has 1 saturated heterocycles. The Bertz CT molecular complexity index is 857. The van der Waals surface area contributed by atoms with Gasteiger partial charge in [-0.1, -0.05) is 0 Å². The Morgan fingerprint density at radius 1 is 1.11 bits per heavy atom. The molecule has 0 saturated carbocycles. The van der Waals surface area contributed by atoms with Gasteiger partial charge in [-0.3, -0.25) is 9.78 Å². The van der Waals surface area contributed by atoms with Gasteiger partial charge in [-0.25, -0.2) is 18.0 Å². The third kappa shape index (κ3) is 4.27. The minimum Gasteiger partial charge on any atom is -0.324 e. The highest BCUT2D eigenvalue weighted by molar-refractivity contribution is 5.98. The summed E-state index contributed by atoms with van der Waals surface area (Å²) >= 11 is 0. The average Bonchev–Trinajstić information content (AvgIpc) is 2.61. The fourth-order valence-corrected chi connectivity index (χ4v) is 3.15. The molecule has 0 aliphatic carbocycles. The molecule has 1 aliphatic rings. The number of nitrogens with zero attached hydrogens (tertiary/aromatic N) is 2. The van der Waals surface area contributed by atoms with Crippen LogP contribution < -0.4 is 5.32 Å². The molecule has 0 spiro atoms. The SMILES string of the molecule is Cc1cc(NC(=O)N2CCC(C(=O)c3c(F)cc(F)cc3F)CC2)ccn1. The lowest BCUT2D eigenvalue weighted by molar-refractivity contribution is 0.0850. The number of likely N-dealkylation sites (tertiary alicyclic amines) is 1. The number of piperidine rings is 1. The first-order chi connectivity index (χ1) is 12.8. The molecule has 142 valence electrons. The van der Waals surface area contributed by atoms with Crippen LogP contribution in [0.5, 0.6) is 0 Å². The Morgan fingerprint density at radius 2 is 1.74 bits per heavy atom. The van der Waals surface area contributed by atoms with Crippen molar-refractivity contribution in [1.82, 2.24) is 9.88 Å². The number of urea groups is 1. The molecule has 0 atom stereocenters. The summed E-state index contributed by atoms with van der Waals surface area (Å²) in [6.45, 7) is 2.36. The molecular formula is C19H18F3N3O2. The Balaban J connectivity index is 1.62. The lowest BCUT2D eigenvalue weighted by Gasteiger charge is -2.31. The van der Waals surface area contributed by atoms with Crippen molar-refractivity contribution in [3.63, 3.8) is 0 Å². The summed E-state index contributed by atoms with van der Waals surface area (Å²) in [6.07, 6.45) is 2.14. The number of aromatic nitrogens is 1. The summed E-state index contributed by atoms with van der Waals surface area (Å²) in [5.41, 5.74) is 0.660. The summed E-state index contributed by atoms with van der Waals surface area (Å²) < 4.78 is 40.6. The smallest absolute Gasteiger partial charge is 0.321 e. The van der Waals surface area contributed by atoms with E-state index in [0.717, 1.165) is 5.69 Å². The molecule has 8 heteroatoms. The summed E-state index contributed by atoms with van der Waals surface area (Å²) in [4.78, 5) is 30.3. The van der Waals surface area contributed by atoms with E-state index in [1.54, 1.807) is 25.3 Å². The second-order valence-corrected chi connectivity index (χ2v) is 6.49. The number of hydrogen-bond acceptors (Lipinski definition) is 3. The van der Waals surface area contributed by atoms with E-state index in [0.29, 0.717) is 17.8 Å². The molecule has 3 rings (SSSR count). The Labute approximate surface area is 154 Å². The van der Waals surface area contributed by atoms with Gasteiger partial charge in [-0.15, -0.1) is 0 Å². The van der Waals surface area contributed by atoms with Crippen molar-refractivity contribution in [2.45, 2.75) is 19.8 Å². The number of hydrogen-bond donors (Lipinski definition) is 1. The molecule has 0 radical (unpaired) electrons. The van der Waals surface area contributed by atoms with Gasteiger partial charge < -0.3 is 10.2 Å². The molecule has 1 aliphatic heterocycles. The molecule has 1 N–H and O–H groups in total. The van der Waals surface area contributed by atoms with Gasteiger partial charge in [-0.2, -0.15) is 0 Å². The van der Waals surface area contributed by atoms with E-state index in [4.69, 9.17) is 0 Å². The molecule has 2 amide bonds. The van der Waals surface area contributed by atoms with Crippen LogP contribution in [-0.2, 0) is 0 Å². The van der Waals surface area contributed by atoms with Crippen molar-refractivity contribution in [3.05, 3.63) is 59.2 Å². The summed E-state index contributed by atoms with van der Waals surface area (Å²) in [5, 5.41) is 2.75. The molecule has 1 aromatic heterocycles. The monoisotopic (exact) mass is 377 g/mol. The third-order valence-electron chi connectivity index (χ3n) is 4.55. The molecule has 1 fully saturated rings. The van der Waals surface area contributed by atoms with Crippen molar-refractivity contribution in [2.75, 3.05) is 18.4 Å². The topological polar surface area (TPSA) is 62.3 Å². The van der Waals surface area contributed by atoms with Gasteiger partial charge in [0.2, 0.25) is 0 Å². The van der Waals surface area contributed by atoms with Gasteiger partial charge in [0, 0.05) is 48.7 Å². The van der Waals surface area contributed by atoms with Gasteiger partial charge in [0.25, 0.3) is 0 Å². The first-order valence-corrected chi connectivity index (χ1v) is 8.52. The van der Waals surface area contributed by atoms with Crippen LogP contribution >= 0.6 is 0 Å². The maximum absolute atomic E-state index is 13.8. The highest BCUT2D eigenvalue weighted by Gasteiger charge is 2.31. The number of ketones is 1. The van der Waals surface area contributed by atoms with Gasteiger partial charge in [-0.05, 0) is 31.9 Å². The van der Waals surface area contributed by atoms with E-state index in [-0.39, 0.29) is 32.0 Å². The number of nitrogens with one attached hydrogen (secondary N) is 1. The van der Waals surface area contributed by atoms with E-state index in [2.05, 4.69) is 10.3 Å². The van der Waals surface area contributed by atoms with Crippen LogP contribution in [0.2, 0.25) is 0 Å². The Hall–Kier alpha value is -2.90. The zero-order valence-corrected chi connectivity index (χ0v) is 14.6. The quantitative estimate of drug-likeness (QED) is 0.825. The molecule has 27 heavy (non-hydrogen) atoms. The maximum Gasteiger partial charge on any atom is 0.321 e. The van der Waals surface area contributed by atoms with Crippen LogP contribution in [0, 0.1) is 30.3 Å². The van der Waals surface area contributed by atoms with Crippen LogP contribution in [0.15, 0.2) is 30.5 Å². The zero-order chi connectivity index (χ0) is 19.6. The first kappa shape index (κ1) is 18.9. The standard InChI is InChI=1S/C19H18F3N3O2/c1-11-8-14(2-5-23-11)24-19(27)25-6-3-12(4-7-25)18(26)17-15(21)9-13(20)10-16(17)22/h2,5,8-10,12H,3-4,6-7H2,1H3,(H,23,24,27). The van der Waals surface area contributed by atoms with Gasteiger partial charge in [0.1, 0.15) is 17.5 Å². The number of amides is 2. The summed E-state index contributed by atoms with van der Waals surface area (Å²) in [6, 6.07) is 4.08. The fourth-order valence-electron chi connectivity index (χ4n) is 3.15. The predicted octanol–water partition coefficient (Wildman–Crippen LogP) is 3.93. The normalized spacial score (nSPS) is 14.9. The van der Waals surface area contributed by atoms with Gasteiger partial charge in [0.05, 0.1) is 5.56 Å². The van der Waals surface area contributed by atoms with Crippen LogP contribution in [-0.4, -0.2) is 34.8 Å². The lowest BCUT2D eigenvalue weighted by Crippen LogP contribution is -2.42. The number of benzene rings is 1. The number of halogens is 3. The predicted molar refractivity (Wildman–Crippen MR) is 92.9 cm³/mol. The van der Waals surface area contributed by atoms with Crippen molar-refractivity contribution in [3.8, 4) is 0 Å². The molecule has 2 heterocycles. The molecule has 0 unspecified atom stereocenters. The lowest BCUT2D eigenvalue weighted by atomic mass is 9.88. The van der Waals surface area contributed by atoms with E-state index in [1.165, 1.54) is 4.90 Å². The zero-order valence-electron chi connectivity index (χ0n) is 14.6. The number of Topliss-reactive ketones (excluding diaryl/α,β-unsaturated/α-hetero) is 1. The number of carbonyl (C=O) groups is 2. The molecule has 5 nitrogen and oxygen atoms in total. The Kier molecular flexibility index (Phi) is 5.43. The van der Waals surface area contributed by atoms with Crippen molar-refractivity contribution in [2.24, 2.45) is 5.92 Å². The minimum atomic E-state index is -1.20. The largest absolute Gasteiger partial charge is 0.324 e. The van der Waals surface area contributed by atoms with Crippen LogP contribution in [0.25, 0.3) is 0 Å². The van der Waals surface area contributed by atoms with Crippen LogP contribution in [0.1, 0.15) is 28.9 Å². The summed E-state index contributed by atoms with van der Waals surface area (Å²) in [5.74, 6) is -4.79. The maximum atomic E-state index is 13.8. The minimum absolute atomic E-state index is 0.275. The van der Waals surface area contributed by atoms with E-state index < -0.39 is 34.7 Å². The molecule has 1 aromatic carbocycles. The fraction of sp³-hybridized carbons (Fsp3) is 0.316. The van der Waals surface area contributed by atoms with E-state index >= 15 is 0 Å². The highest BCUT2D eigenvalue weighted by Crippen LogP contribution is 2.25. The van der Waals surface area contributed by atoms with E-state index in [1.807, 2.05) is 0 Å². The first-order valence-electron chi connectivity index (χ1n) is 8.52. The molecular weight excluding hydrogens is 359 g/mol. The number of carbonyl (C=O) groups excluding carboxylic acids is 2. The van der Waals surface area contributed by atoms with Crippen molar-refractivity contribution in [1.29, 1.82) is 0 Å². The summed E-state index contributed by atoms with van der Waals surface area (Å²) in [7, 11) is 0. The number of pyridine rings is 1. The Morgan fingerprint density at radius 3 is 2.33 bits per heavy atom. The number of rotatable bonds is 3. The van der Waals surface area contributed by atoms with E-state index in [9.17, 15) is 22.8 Å². The second-order valence-electron chi connectivity index (χ2n) is 6.49. The van der Waals surface area contributed by atoms with Gasteiger partial charge in [0.15, 0.2) is 5.78 Å². The highest BCUT2D eigenvalue weighted by atomic mass is 19.1. The average molecular weight is 377 g/mol. The second kappa shape index (κ2) is 7.77. The number of anilines is 1. The molecule has 0 bridgehead atoms. The third-order valence-corrected chi connectivity index (χ3v) is 4.55. The van der Waals surface area contributed by atoms with Crippen molar-refractivity contribution < 1.29 is 22.8 Å².